The Morgan fingerprint density at radius 3 is 2.90 bits per heavy atom. The van der Waals surface area contributed by atoms with E-state index in [4.69, 9.17) is 9.47 Å². The van der Waals surface area contributed by atoms with Crippen LogP contribution in [0.1, 0.15) is 51.6 Å². The highest BCUT2D eigenvalue weighted by atomic mass is 16.5. The van der Waals surface area contributed by atoms with Crippen LogP contribution in [0.2, 0.25) is 0 Å². The molecule has 1 saturated carbocycles. The molecule has 2 aliphatic rings. The number of rotatable bonds is 5. The second-order valence-corrected chi connectivity index (χ2v) is 6.64. The molecule has 1 aliphatic heterocycles. The average Bonchev–Trinajstić information content (AvgIpc) is 2.45. The minimum atomic E-state index is 0.136. The van der Waals surface area contributed by atoms with Crippen LogP contribution in [0, 0.1) is 0 Å². The van der Waals surface area contributed by atoms with Gasteiger partial charge >= 0.3 is 0 Å². The summed E-state index contributed by atoms with van der Waals surface area (Å²) >= 11 is 0. The van der Waals surface area contributed by atoms with Crippen LogP contribution in [0.15, 0.2) is 18.3 Å². The Hall–Kier alpha value is -1.13. The molecule has 1 aliphatic carbocycles. The predicted molar refractivity (Wildman–Crippen MR) is 82.4 cm³/mol. The van der Waals surface area contributed by atoms with Crippen molar-refractivity contribution in [3.63, 3.8) is 0 Å². The maximum atomic E-state index is 6.10. The lowest BCUT2D eigenvalue weighted by molar-refractivity contribution is -0.153. The normalized spacial score (nSPS) is 24.0. The molecule has 1 N–H and O–H groups in total. The van der Waals surface area contributed by atoms with Crippen LogP contribution in [0.5, 0.6) is 5.75 Å². The molecule has 1 aromatic heterocycles. The standard InChI is InChI=1S/C17H26N2O2/c1-13(2)18-11-14-4-5-16(12-19-14)21-15-6-9-20-17(10-15)7-3-8-17/h4-5,12-13,15,18H,3,6-11H2,1-2H3. The number of hydrogen-bond donors (Lipinski definition) is 1. The van der Waals surface area contributed by atoms with Crippen molar-refractivity contribution in [1.82, 2.24) is 10.3 Å². The quantitative estimate of drug-likeness (QED) is 0.905. The fraction of sp³-hybridized carbons (Fsp3) is 0.706. The van der Waals surface area contributed by atoms with Gasteiger partial charge in [-0.25, -0.2) is 0 Å². The first-order chi connectivity index (χ1) is 10.2. The monoisotopic (exact) mass is 290 g/mol. The molecular weight excluding hydrogens is 264 g/mol. The zero-order valence-electron chi connectivity index (χ0n) is 13.1. The van der Waals surface area contributed by atoms with Crippen molar-refractivity contribution in [1.29, 1.82) is 0 Å². The minimum absolute atomic E-state index is 0.136. The van der Waals surface area contributed by atoms with Crippen LogP contribution in [-0.4, -0.2) is 29.3 Å². The zero-order valence-corrected chi connectivity index (χ0v) is 13.1. The topological polar surface area (TPSA) is 43.4 Å². The van der Waals surface area contributed by atoms with Crippen molar-refractivity contribution in [2.24, 2.45) is 0 Å². The maximum absolute atomic E-state index is 6.10. The molecule has 1 saturated heterocycles. The third-order valence-corrected chi connectivity index (χ3v) is 4.50. The van der Waals surface area contributed by atoms with Crippen LogP contribution in [0.25, 0.3) is 0 Å². The van der Waals surface area contributed by atoms with E-state index in [1.165, 1.54) is 19.3 Å². The van der Waals surface area contributed by atoms with Gasteiger partial charge in [-0.3, -0.25) is 4.98 Å². The van der Waals surface area contributed by atoms with E-state index in [9.17, 15) is 0 Å². The largest absolute Gasteiger partial charge is 0.489 e. The fourth-order valence-electron chi connectivity index (χ4n) is 3.09. The molecule has 1 unspecified atom stereocenters. The number of nitrogens with one attached hydrogen (secondary N) is 1. The first-order valence-electron chi connectivity index (χ1n) is 8.14. The van der Waals surface area contributed by atoms with Crippen molar-refractivity contribution in [2.45, 2.75) is 70.2 Å². The number of aromatic nitrogens is 1. The summed E-state index contributed by atoms with van der Waals surface area (Å²) in [4.78, 5) is 4.47. The van der Waals surface area contributed by atoms with E-state index in [-0.39, 0.29) is 11.7 Å². The lowest BCUT2D eigenvalue weighted by Crippen LogP contribution is -2.48. The summed E-state index contributed by atoms with van der Waals surface area (Å²) in [7, 11) is 0. The van der Waals surface area contributed by atoms with E-state index >= 15 is 0 Å². The summed E-state index contributed by atoms with van der Waals surface area (Å²) in [5.41, 5.74) is 1.19. The van der Waals surface area contributed by atoms with Crippen LogP contribution in [0.4, 0.5) is 0 Å². The summed E-state index contributed by atoms with van der Waals surface area (Å²) in [6.07, 6.45) is 7.84. The Morgan fingerprint density at radius 2 is 2.29 bits per heavy atom. The molecule has 2 fully saturated rings. The lowest BCUT2D eigenvalue weighted by Gasteiger charge is -2.46. The number of nitrogens with zero attached hydrogens (tertiary/aromatic N) is 1. The van der Waals surface area contributed by atoms with Gasteiger partial charge in [-0.1, -0.05) is 13.8 Å². The van der Waals surface area contributed by atoms with Gasteiger partial charge in [-0.15, -0.1) is 0 Å². The van der Waals surface area contributed by atoms with E-state index in [0.717, 1.165) is 37.4 Å². The van der Waals surface area contributed by atoms with E-state index < -0.39 is 0 Å². The van der Waals surface area contributed by atoms with Gasteiger partial charge in [-0.05, 0) is 31.4 Å². The van der Waals surface area contributed by atoms with E-state index in [1.807, 2.05) is 18.3 Å². The highest BCUT2D eigenvalue weighted by molar-refractivity contribution is 5.20. The summed E-state index contributed by atoms with van der Waals surface area (Å²) in [6.45, 7) is 5.91. The Bertz CT molecular complexity index is 454. The second kappa shape index (κ2) is 6.32. The molecule has 116 valence electrons. The van der Waals surface area contributed by atoms with Crippen LogP contribution < -0.4 is 10.1 Å². The number of ether oxygens (including phenoxy) is 2. The molecular formula is C17H26N2O2. The van der Waals surface area contributed by atoms with E-state index in [0.29, 0.717) is 6.04 Å². The number of pyridine rings is 1. The van der Waals surface area contributed by atoms with Crippen molar-refractivity contribution >= 4 is 0 Å². The smallest absolute Gasteiger partial charge is 0.138 e. The summed E-state index contributed by atoms with van der Waals surface area (Å²) in [6, 6.07) is 4.56. The van der Waals surface area contributed by atoms with Crippen molar-refractivity contribution < 1.29 is 9.47 Å². The molecule has 4 nitrogen and oxygen atoms in total. The highest BCUT2D eigenvalue weighted by Gasteiger charge is 2.43. The Labute approximate surface area is 127 Å². The molecule has 0 bridgehead atoms. The fourth-order valence-corrected chi connectivity index (χ4v) is 3.09. The molecule has 1 spiro atoms. The molecule has 4 heteroatoms. The average molecular weight is 290 g/mol. The van der Waals surface area contributed by atoms with E-state index in [2.05, 4.69) is 24.1 Å². The van der Waals surface area contributed by atoms with Gasteiger partial charge in [0, 0.05) is 25.4 Å². The SMILES string of the molecule is CC(C)NCc1ccc(OC2CCOC3(CCC3)C2)cn1. The molecule has 1 aromatic rings. The summed E-state index contributed by atoms with van der Waals surface area (Å²) < 4.78 is 12.0. The van der Waals surface area contributed by atoms with Gasteiger partial charge in [0.15, 0.2) is 0 Å². The molecule has 0 radical (unpaired) electrons. The molecule has 1 atom stereocenters. The third kappa shape index (κ3) is 3.74. The molecule has 0 aromatic carbocycles. The molecule has 3 rings (SSSR count). The van der Waals surface area contributed by atoms with E-state index in [1.54, 1.807) is 0 Å². The van der Waals surface area contributed by atoms with Crippen LogP contribution in [-0.2, 0) is 11.3 Å². The van der Waals surface area contributed by atoms with Crippen LogP contribution >= 0.6 is 0 Å². The Kier molecular flexibility index (Phi) is 4.45. The third-order valence-electron chi connectivity index (χ3n) is 4.50. The van der Waals surface area contributed by atoms with Crippen molar-refractivity contribution in [2.75, 3.05) is 6.61 Å². The van der Waals surface area contributed by atoms with Gasteiger partial charge in [0.2, 0.25) is 0 Å². The molecule has 0 amide bonds. The molecule has 21 heavy (non-hydrogen) atoms. The highest BCUT2D eigenvalue weighted by Crippen LogP contribution is 2.43. The van der Waals surface area contributed by atoms with Gasteiger partial charge in [0.25, 0.3) is 0 Å². The molecule has 2 heterocycles. The van der Waals surface area contributed by atoms with Crippen LogP contribution in [0.3, 0.4) is 0 Å². The van der Waals surface area contributed by atoms with Gasteiger partial charge < -0.3 is 14.8 Å². The minimum Gasteiger partial charge on any atom is -0.489 e. The summed E-state index contributed by atoms with van der Waals surface area (Å²) in [5.74, 6) is 0.879. The van der Waals surface area contributed by atoms with Crippen molar-refractivity contribution in [3.8, 4) is 5.75 Å². The lowest BCUT2D eigenvalue weighted by atomic mass is 9.74. The van der Waals surface area contributed by atoms with Gasteiger partial charge in [0.05, 0.1) is 24.1 Å². The van der Waals surface area contributed by atoms with Crippen molar-refractivity contribution in [3.05, 3.63) is 24.0 Å². The first-order valence-corrected chi connectivity index (χ1v) is 8.14. The predicted octanol–water partition coefficient (Wildman–Crippen LogP) is 3.06. The number of hydrogen-bond acceptors (Lipinski definition) is 4. The Balaban J connectivity index is 1.52. The first kappa shape index (κ1) is 14.8. The van der Waals surface area contributed by atoms with Gasteiger partial charge in [0.1, 0.15) is 11.9 Å². The second-order valence-electron chi connectivity index (χ2n) is 6.64. The zero-order chi connectivity index (χ0) is 14.7. The summed E-state index contributed by atoms with van der Waals surface area (Å²) in [5, 5.41) is 3.37. The van der Waals surface area contributed by atoms with Gasteiger partial charge in [-0.2, -0.15) is 0 Å². The maximum Gasteiger partial charge on any atom is 0.138 e. The Morgan fingerprint density at radius 1 is 1.43 bits per heavy atom.